The summed E-state index contributed by atoms with van der Waals surface area (Å²) in [6.07, 6.45) is 1.22. The number of carbonyl (C=O) groups is 4. The molecule has 0 aliphatic rings. The lowest BCUT2D eigenvalue weighted by molar-refractivity contribution is -0.145. The minimum Gasteiger partial charge on any atom is -0.497 e. The lowest BCUT2D eigenvalue weighted by Crippen LogP contribution is -2.30. The van der Waals surface area contributed by atoms with Gasteiger partial charge in [-0.15, -0.1) is 11.8 Å². The lowest BCUT2D eigenvalue weighted by atomic mass is 10.1. The minimum absolute atomic E-state index is 0.0139. The average molecular weight is 563 g/mol. The van der Waals surface area contributed by atoms with Gasteiger partial charge in [0.05, 0.1) is 26.6 Å². The first-order valence-electron chi connectivity index (χ1n) is 12.3. The van der Waals surface area contributed by atoms with Crippen molar-refractivity contribution < 1.29 is 33.4 Å². The predicted molar refractivity (Wildman–Crippen MR) is 153 cm³/mol. The average Bonchev–Trinajstić information content (AvgIpc) is 2.96. The first kappa shape index (κ1) is 30.0. The second kappa shape index (κ2) is 15.1. The van der Waals surface area contributed by atoms with Gasteiger partial charge in [-0.2, -0.15) is 0 Å². The largest absolute Gasteiger partial charge is 0.497 e. The lowest BCUT2D eigenvalue weighted by Gasteiger charge is -2.13. The van der Waals surface area contributed by atoms with E-state index < -0.39 is 17.8 Å². The summed E-state index contributed by atoms with van der Waals surface area (Å²) in [7, 11) is 3.03. The number of ether oxygens (including phenoxy) is 3. The van der Waals surface area contributed by atoms with Crippen LogP contribution in [0, 0.1) is 0 Å². The summed E-state index contributed by atoms with van der Waals surface area (Å²) in [6, 6.07) is 20.5. The van der Waals surface area contributed by atoms with Crippen molar-refractivity contribution in [1.82, 2.24) is 5.32 Å². The maximum Gasteiger partial charge on any atom is 0.313 e. The fraction of sp³-hybridized carbons (Fsp3) is 0.200. The predicted octanol–water partition coefficient (Wildman–Crippen LogP) is 4.73. The van der Waals surface area contributed by atoms with Crippen molar-refractivity contribution in [2.24, 2.45) is 0 Å². The Morgan fingerprint density at radius 3 is 2.38 bits per heavy atom. The second-order valence-corrected chi connectivity index (χ2v) is 9.33. The molecule has 0 unspecified atom stereocenters. The van der Waals surface area contributed by atoms with Crippen LogP contribution in [0.2, 0.25) is 0 Å². The number of amides is 2. The van der Waals surface area contributed by atoms with Crippen molar-refractivity contribution in [3.8, 4) is 11.5 Å². The summed E-state index contributed by atoms with van der Waals surface area (Å²) in [5.74, 6) is -0.750. The molecule has 208 valence electrons. The quantitative estimate of drug-likeness (QED) is 0.133. The Morgan fingerprint density at radius 2 is 1.68 bits per heavy atom. The van der Waals surface area contributed by atoms with E-state index in [0.717, 1.165) is 0 Å². The van der Waals surface area contributed by atoms with E-state index in [0.29, 0.717) is 33.2 Å². The number of rotatable bonds is 13. The molecule has 10 heteroatoms. The van der Waals surface area contributed by atoms with Gasteiger partial charge in [-0.3, -0.25) is 19.2 Å². The Bertz CT molecular complexity index is 1390. The minimum atomic E-state index is -0.567. The van der Waals surface area contributed by atoms with Gasteiger partial charge in [0, 0.05) is 27.8 Å². The third kappa shape index (κ3) is 9.02. The van der Waals surface area contributed by atoms with Crippen LogP contribution in [0.4, 0.5) is 5.69 Å². The summed E-state index contributed by atoms with van der Waals surface area (Å²) >= 11 is 1.24. The van der Waals surface area contributed by atoms with Crippen molar-refractivity contribution in [3.63, 3.8) is 0 Å². The van der Waals surface area contributed by atoms with Crippen molar-refractivity contribution >= 4 is 47.1 Å². The number of ketones is 1. The number of nitrogens with one attached hydrogen (secondary N) is 2. The van der Waals surface area contributed by atoms with E-state index in [1.54, 1.807) is 79.7 Å². The maximum atomic E-state index is 13.4. The monoisotopic (exact) mass is 562 g/mol. The Labute approximate surface area is 236 Å². The fourth-order valence-corrected chi connectivity index (χ4v) is 4.30. The van der Waals surface area contributed by atoms with E-state index in [1.165, 1.54) is 32.1 Å². The Balaban J connectivity index is 1.81. The fourth-order valence-electron chi connectivity index (χ4n) is 3.49. The molecule has 0 radical (unpaired) electrons. The Morgan fingerprint density at radius 1 is 0.900 bits per heavy atom. The molecule has 0 aromatic heterocycles. The molecular weight excluding hydrogens is 532 g/mol. The van der Waals surface area contributed by atoms with E-state index in [1.807, 2.05) is 0 Å². The third-order valence-electron chi connectivity index (χ3n) is 5.41. The number of Topliss-reactive ketones (excluding diaryl/α,β-unsaturated/α-hetero) is 1. The molecule has 40 heavy (non-hydrogen) atoms. The van der Waals surface area contributed by atoms with Crippen LogP contribution >= 0.6 is 11.8 Å². The summed E-state index contributed by atoms with van der Waals surface area (Å²) in [5.41, 5.74) is 1.37. The van der Waals surface area contributed by atoms with Crippen molar-refractivity contribution in [1.29, 1.82) is 0 Å². The molecule has 3 aromatic rings. The molecule has 0 aliphatic heterocycles. The highest BCUT2D eigenvalue weighted by Crippen LogP contribution is 2.27. The van der Waals surface area contributed by atoms with E-state index in [9.17, 15) is 19.2 Å². The molecule has 0 saturated carbocycles. The number of esters is 1. The Kier molecular flexibility index (Phi) is 11.3. The van der Waals surface area contributed by atoms with E-state index in [-0.39, 0.29) is 30.3 Å². The van der Waals surface area contributed by atoms with Crippen LogP contribution in [0.25, 0.3) is 6.08 Å². The third-order valence-corrected chi connectivity index (χ3v) is 6.46. The van der Waals surface area contributed by atoms with Gasteiger partial charge in [-0.05, 0) is 55.5 Å². The van der Waals surface area contributed by atoms with Gasteiger partial charge in [-0.25, -0.2) is 0 Å². The van der Waals surface area contributed by atoms with Crippen LogP contribution in [0.3, 0.4) is 0 Å². The second-order valence-electron chi connectivity index (χ2n) is 8.28. The van der Waals surface area contributed by atoms with Crippen molar-refractivity contribution in [3.05, 3.63) is 89.6 Å². The smallest absolute Gasteiger partial charge is 0.313 e. The van der Waals surface area contributed by atoms with Crippen molar-refractivity contribution in [2.45, 2.75) is 18.2 Å². The zero-order valence-corrected chi connectivity index (χ0v) is 23.2. The van der Waals surface area contributed by atoms with E-state index in [2.05, 4.69) is 10.6 Å². The van der Waals surface area contributed by atoms with Gasteiger partial charge in [0.15, 0.2) is 5.78 Å². The van der Waals surface area contributed by atoms with Gasteiger partial charge in [0.25, 0.3) is 11.8 Å². The molecule has 0 fully saturated rings. The SMILES string of the molecule is CCOC(=O)CC(=O)CSc1cccc(NC(=O)/C(=C\c2ccc(OC)cc2OC)NC(=O)c2ccccc2)c1. The van der Waals surface area contributed by atoms with E-state index >= 15 is 0 Å². The number of carbonyl (C=O) groups excluding carboxylic acids is 4. The zero-order chi connectivity index (χ0) is 28.9. The Hall–Kier alpha value is -4.57. The number of anilines is 1. The van der Waals surface area contributed by atoms with Gasteiger partial charge in [0.2, 0.25) is 0 Å². The molecule has 0 heterocycles. The van der Waals surface area contributed by atoms with Crippen LogP contribution in [0.5, 0.6) is 11.5 Å². The molecule has 0 aliphatic carbocycles. The number of hydrogen-bond acceptors (Lipinski definition) is 8. The molecule has 3 rings (SSSR count). The van der Waals surface area contributed by atoms with Crippen LogP contribution in [-0.4, -0.2) is 50.1 Å². The van der Waals surface area contributed by atoms with Crippen LogP contribution in [-0.2, 0) is 19.1 Å². The molecule has 0 spiro atoms. The van der Waals surface area contributed by atoms with E-state index in [4.69, 9.17) is 14.2 Å². The standard InChI is InChI=1S/C30H30N2O7S/c1-4-39-28(34)17-23(33)19-40-25-12-8-11-22(16-25)31-30(36)26(32-29(35)20-9-6-5-7-10-20)15-21-13-14-24(37-2)18-27(21)38-3/h5-16,18H,4,17,19H2,1-3H3,(H,31,36)(H,32,35)/b26-15+. The van der Waals surface area contributed by atoms with Gasteiger partial charge >= 0.3 is 5.97 Å². The van der Waals surface area contributed by atoms with Crippen LogP contribution in [0.1, 0.15) is 29.3 Å². The zero-order valence-electron chi connectivity index (χ0n) is 22.4. The number of hydrogen-bond donors (Lipinski definition) is 2. The molecular formula is C30H30N2O7S. The molecule has 2 amide bonds. The molecule has 2 N–H and O–H groups in total. The summed E-state index contributed by atoms with van der Waals surface area (Å²) in [5, 5.41) is 5.49. The summed E-state index contributed by atoms with van der Waals surface area (Å²) in [4.78, 5) is 50.6. The normalized spacial score (nSPS) is 10.8. The van der Waals surface area contributed by atoms with Crippen LogP contribution in [0.15, 0.2) is 83.4 Å². The van der Waals surface area contributed by atoms with Gasteiger partial charge < -0.3 is 24.8 Å². The number of thioether (sulfide) groups is 1. The van der Waals surface area contributed by atoms with Crippen molar-refractivity contribution in [2.75, 3.05) is 31.9 Å². The van der Waals surface area contributed by atoms with Crippen LogP contribution < -0.4 is 20.1 Å². The first-order valence-corrected chi connectivity index (χ1v) is 13.3. The molecule has 9 nitrogen and oxygen atoms in total. The highest BCUT2D eigenvalue weighted by Gasteiger charge is 2.17. The highest BCUT2D eigenvalue weighted by molar-refractivity contribution is 8.00. The summed E-state index contributed by atoms with van der Waals surface area (Å²) < 4.78 is 15.5. The molecule has 0 bridgehead atoms. The molecule has 3 aromatic carbocycles. The summed E-state index contributed by atoms with van der Waals surface area (Å²) in [6.45, 7) is 1.90. The molecule has 0 atom stereocenters. The first-order chi connectivity index (χ1) is 19.3. The van der Waals surface area contributed by atoms with Gasteiger partial charge in [0.1, 0.15) is 23.6 Å². The molecule has 0 saturated heterocycles. The van der Waals surface area contributed by atoms with Gasteiger partial charge in [-0.1, -0.05) is 24.3 Å². The number of methoxy groups -OCH3 is 2. The maximum absolute atomic E-state index is 13.4. The highest BCUT2D eigenvalue weighted by atomic mass is 32.2. The topological polar surface area (TPSA) is 120 Å². The number of benzene rings is 3.